The Labute approximate surface area is 195 Å². The molecule has 4 rings (SSSR count). The highest BCUT2D eigenvalue weighted by Gasteiger charge is 2.54. The van der Waals surface area contributed by atoms with E-state index >= 15 is 0 Å². The predicted molar refractivity (Wildman–Crippen MR) is 123 cm³/mol. The minimum Gasteiger partial charge on any atom is -0.386 e. The number of hydrogen-bond acceptors (Lipinski definition) is 8. The minimum atomic E-state index is -3.06. The van der Waals surface area contributed by atoms with Crippen LogP contribution in [0.3, 0.4) is 0 Å². The van der Waals surface area contributed by atoms with E-state index in [0.29, 0.717) is 30.5 Å². The molecule has 34 heavy (non-hydrogen) atoms. The molecule has 9 nitrogen and oxygen atoms in total. The number of fused-ring (bicyclic) bond motifs is 1. The second kappa shape index (κ2) is 8.39. The van der Waals surface area contributed by atoms with E-state index in [4.69, 9.17) is 11.0 Å². The third kappa shape index (κ3) is 3.69. The average Bonchev–Trinajstić information content (AvgIpc) is 2.81. The number of halogens is 2. The van der Waals surface area contributed by atoms with Gasteiger partial charge in [0.25, 0.3) is 5.91 Å². The number of hydrogen-bond donors (Lipinski definition) is 2. The number of carbonyl (C=O) groups excluding carboxylic acids is 1. The van der Waals surface area contributed by atoms with E-state index in [0.717, 1.165) is 6.07 Å². The molecule has 2 aliphatic heterocycles. The van der Waals surface area contributed by atoms with Gasteiger partial charge in [-0.3, -0.25) is 9.79 Å². The lowest BCUT2D eigenvalue weighted by Gasteiger charge is -2.44. The molecule has 0 unspecified atom stereocenters. The number of aryl methyl sites for hydroxylation is 1. The van der Waals surface area contributed by atoms with Crippen molar-refractivity contribution >= 4 is 27.3 Å². The van der Waals surface area contributed by atoms with Crippen molar-refractivity contribution in [2.45, 2.75) is 37.0 Å². The van der Waals surface area contributed by atoms with Gasteiger partial charge < -0.3 is 11.1 Å². The van der Waals surface area contributed by atoms with Gasteiger partial charge in [0.2, 0.25) is 0 Å². The van der Waals surface area contributed by atoms with Crippen LogP contribution in [0.4, 0.5) is 14.6 Å². The lowest BCUT2D eigenvalue weighted by molar-refractivity contribution is 0.102. The van der Waals surface area contributed by atoms with Gasteiger partial charge in [0.05, 0.1) is 21.0 Å². The van der Waals surface area contributed by atoms with Gasteiger partial charge in [0.15, 0.2) is 0 Å². The fourth-order valence-corrected chi connectivity index (χ4v) is 7.15. The standard InChI is InChI=1S/C22H23F2N7O2S/c1-13-8-14(9-25)10-27-17(13)19(32)30-16-5-4-15(24)18(29-16)22(11-23)12-34(33)21(2,20(26)31-22)6-3-7-28-34/h4-5,8,10H,3,6-7,11-12H2,1-2H3,(H2,26,31)(H,29,30,32)/t21-,22+,34+/m1/s1. The highest BCUT2D eigenvalue weighted by Crippen LogP contribution is 2.42. The Balaban J connectivity index is 1.74. The van der Waals surface area contributed by atoms with Gasteiger partial charge in [-0.2, -0.15) is 5.26 Å². The minimum absolute atomic E-state index is 0.0436. The first-order valence-corrected chi connectivity index (χ1v) is 12.2. The first-order valence-electron chi connectivity index (χ1n) is 10.5. The van der Waals surface area contributed by atoms with Gasteiger partial charge in [-0.25, -0.2) is 27.3 Å². The monoisotopic (exact) mass is 487 g/mol. The molecule has 0 radical (unpaired) electrons. The summed E-state index contributed by atoms with van der Waals surface area (Å²) >= 11 is 0. The molecule has 3 N–H and O–H groups in total. The number of anilines is 1. The van der Waals surface area contributed by atoms with Crippen molar-refractivity contribution < 1.29 is 17.8 Å². The molecule has 0 saturated heterocycles. The molecule has 178 valence electrons. The number of aliphatic imine (C=N–C) groups is 1. The molecule has 0 bridgehead atoms. The van der Waals surface area contributed by atoms with Crippen molar-refractivity contribution in [2.24, 2.45) is 15.1 Å². The van der Waals surface area contributed by atoms with Gasteiger partial charge in [-0.05, 0) is 50.5 Å². The fourth-order valence-electron chi connectivity index (χ4n) is 4.27. The summed E-state index contributed by atoms with van der Waals surface area (Å²) < 4.78 is 46.5. The molecule has 0 saturated carbocycles. The van der Waals surface area contributed by atoms with E-state index in [1.165, 1.54) is 18.3 Å². The van der Waals surface area contributed by atoms with Crippen LogP contribution in [0.1, 0.15) is 47.1 Å². The van der Waals surface area contributed by atoms with Crippen LogP contribution in [0, 0.1) is 24.1 Å². The summed E-state index contributed by atoms with van der Waals surface area (Å²) in [5.41, 5.74) is 4.63. The first-order chi connectivity index (χ1) is 16.1. The maximum Gasteiger partial charge on any atom is 0.275 e. The predicted octanol–water partition coefficient (Wildman–Crippen LogP) is 2.60. The Bertz CT molecular complexity index is 1380. The van der Waals surface area contributed by atoms with E-state index in [1.807, 2.05) is 6.07 Å². The molecule has 0 spiro atoms. The Morgan fingerprint density at radius 1 is 1.41 bits per heavy atom. The van der Waals surface area contributed by atoms with Crippen molar-refractivity contribution in [1.29, 1.82) is 5.26 Å². The molecule has 12 heteroatoms. The maximum atomic E-state index is 14.9. The van der Waals surface area contributed by atoms with E-state index in [1.54, 1.807) is 13.8 Å². The van der Waals surface area contributed by atoms with Crippen LogP contribution in [0.25, 0.3) is 0 Å². The largest absolute Gasteiger partial charge is 0.386 e. The summed E-state index contributed by atoms with van der Waals surface area (Å²) in [5.74, 6) is -2.00. The SMILES string of the molecule is Cc1cc(C#N)cnc1C(=O)Nc1ccc(F)c([C@]2(CF)C[S@@]3(=O)=NCCC[C@]3(C)C(N)=N2)n1. The summed E-state index contributed by atoms with van der Waals surface area (Å²) in [6, 6.07) is 5.68. The molecule has 2 aromatic heterocycles. The van der Waals surface area contributed by atoms with E-state index < -0.39 is 44.1 Å². The van der Waals surface area contributed by atoms with Crippen LogP contribution in [-0.4, -0.2) is 49.6 Å². The third-order valence-corrected chi connectivity index (χ3v) is 9.59. The molecular weight excluding hydrogens is 464 g/mol. The summed E-state index contributed by atoms with van der Waals surface area (Å²) in [7, 11) is -3.06. The zero-order valence-corrected chi connectivity index (χ0v) is 19.5. The Kier molecular flexibility index (Phi) is 5.85. The summed E-state index contributed by atoms with van der Waals surface area (Å²) in [6.07, 6.45) is 2.41. The lowest BCUT2D eigenvalue weighted by Crippen LogP contribution is -2.59. The molecule has 0 aliphatic carbocycles. The Hall–Kier alpha value is -3.46. The Morgan fingerprint density at radius 3 is 2.85 bits per heavy atom. The van der Waals surface area contributed by atoms with Crippen LogP contribution in [0.2, 0.25) is 0 Å². The van der Waals surface area contributed by atoms with Gasteiger partial charge in [-0.15, -0.1) is 0 Å². The summed E-state index contributed by atoms with van der Waals surface area (Å²) in [6.45, 7) is 2.44. The first kappa shape index (κ1) is 23.7. The van der Waals surface area contributed by atoms with E-state index in [-0.39, 0.29) is 23.1 Å². The number of amidine groups is 1. The molecular formula is C22H23F2N7O2S. The average molecular weight is 488 g/mol. The maximum absolute atomic E-state index is 14.9. The smallest absolute Gasteiger partial charge is 0.275 e. The number of nitrogens with one attached hydrogen (secondary N) is 1. The van der Waals surface area contributed by atoms with Crippen LogP contribution < -0.4 is 11.1 Å². The van der Waals surface area contributed by atoms with Gasteiger partial charge in [-0.1, -0.05) is 0 Å². The summed E-state index contributed by atoms with van der Waals surface area (Å²) in [4.78, 5) is 25.1. The molecule has 0 fully saturated rings. The second-order valence-electron chi connectivity index (χ2n) is 8.62. The number of carbonyl (C=O) groups is 1. The normalized spacial score (nSPS) is 28.1. The number of alkyl halides is 1. The van der Waals surface area contributed by atoms with Crippen molar-refractivity contribution in [3.63, 3.8) is 0 Å². The number of rotatable bonds is 4. The molecule has 3 atom stereocenters. The molecule has 2 aromatic rings. The highest BCUT2D eigenvalue weighted by molar-refractivity contribution is 7.95. The van der Waals surface area contributed by atoms with E-state index in [9.17, 15) is 17.8 Å². The molecule has 4 heterocycles. The van der Waals surface area contributed by atoms with Crippen molar-refractivity contribution in [2.75, 3.05) is 24.3 Å². The molecule has 1 amide bonds. The number of pyridine rings is 2. The molecule has 2 aliphatic rings. The highest BCUT2D eigenvalue weighted by atomic mass is 32.2. The van der Waals surface area contributed by atoms with Gasteiger partial charge in [0.1, 0.15) is 51.9 Å². The number of nitrogens with zero attached hydrogens (tertiary/aromatic N) is 5. The molecule has 0 aromatic carbocycles. The third-order valence-electron chi connectivity index (χ3n) is 6.30. The van der Waals surface area contributed by atoms with Crippen molar-refractivity contribution in [3.8, 4) is 6.07 Å². The zero-order chi connectivity index (χ0) is 24.7. The number of aromatic nitrogens is 2. The fraction of sp³-hybridized carbons (Fsp3) is 0.409. The summed E-state index contributed by atoms with van der Waals surface area (Å²) in [5, 5.41) is 11.5. The lowest BCUT2D eigenvalue weighted by atomic mass is 9.95. The number of nitrogens with two attached hydrogens (primary N) is 1. The van der Waals surface area contributed by atoms with E-state index in [2.05, 4.69) is 24.6 Å². The van der Waals surface area contributed by atoms with Crippen LogP contribution in [-0.2, 0) is 15.3 Å². The van der Waals surface area contributed by atoms with Gasteiger partial charge >= 0.3 is 0 Å². The van der Waals surface area contributed by atoms with Crippen molar-refractivity contribution in [3.05, 3.63) is 52.7 Å². The number of amides is 1. The van der Waals surface area contributed by atoms with Crippen LogP contribution >= 0.6 is 0 Å². The quantitative estimate of drug-likeness (QED) is 0.678. The van der Waals surface area contributed by atoms with Crippen molar-refractivity contribution in [1.82, 2.24) is 9.97 Å². The second-order valence-corrected chi connectivity index (χ2v) is 11.3. The van der Waals surface area contributed by atoms with Gasteiger partial charge in [0, 0.05) is 12.7 Å². The number of nitriles is 1. The Morgan fingerprint density at radius 2 is 2.18 bits per heavy atom. The van der Waals surface area contributed by atoms with Crippen LogP contribution in [0.15, 0.2) is 33.8 Å². The topological polar surface area (TPSA) is 146 Å². The van der Waals surface area contributed by atoms with Crippen LogP contribution in [0.5, 0.6) is 0 Å². The zero-order valence-electron chi connectivity index (χ0n) is 18.6.